The van der Waals surface area contributed by atoms with E-state index in [1.807, 2.05) is 11.3 Å². The summed E-state index contributed by atoms with van der Waals surface area (Å²) < 4.78 is 1.29. The molecule has 1 aliphatic rings. The van der Waals surface area contributed by atoms with Crippen LogP contribution in [0.25, 0.3) is 10.1 Å². The minimum atomic E-state index is 0.651. The Morgan fingerprint density at radius 3 is 3.00 bits per heavy atom. The summed E-state index contributed by atoms with van der Waals surface area (Å²) in [5.41, 5.74) is 0. The summed E-state index contributed by atoms with van der Waals surface area (Å²) in [6.07, 6.45) is 2.60. The zero-order valence-corrected chi connectivity index (χ0v) is 12.7. The van der Waals surface area contributed by atoms with Crippen molar-refractivity contribution in [2.45, 2.75) is 25.4 Å². The van der Waals surface area contributed by atoms with Crippen molar-refractivity contribution in [1.82, 2.24) is 10.2 Å². The summed E-state index contributed by atoms with van der Waals surface area (Å²) in [6.45, 7) is 3.21. The summed E-state index contributed by atoms with van der Waals surface area (Å²) in [4.78, 5) is 3.66. The van der Waals surface area contributed by atoms with Gasteiger partial charge < -0.3 is 5.32 Å². The highest BCUT2D eigenvalue weighted by molar-refractivity contribution is 7.19. The minimum absolute atomic E-state index is 0.651. The third kappa shape index (κ3) is 2.95. The highest BCUT2D eigenvalue weighted by atomic mass is 35.5. The smallest absolute Gasteiger partial charge is 0.0637 e. The molecule has 19 heavy (non-hydrogen) atoms. The Labute approximate surface area is 123 Å². The number of likely N-dealkylation sites (N-methyl/N-ethyl adjacent to an activating group) is 1. The zero-order chi connectivity index (χ0) is 13.2. The van der Waals surface area contributed by atoms with Crippen LogP contribution in [0.15, 0.2) is 24.3 Å². The molecule has 1 atom stereocenters. The van der Waals surface area contributed by atoms with Gasteiger partial charge in [0, 0.05) is 34.1 Å². The first-order chi connectivity index (χ1) is 9.24. The predicted molar refractivity (Wildman–Crippen MR) is 84.2 cm³/mol. The lowest BCUT2D eigenvalue weighted by atomic mass is 10.2. The lowest BCUT2D eigenvalue weighted by Gasteiger charge is -2.20. The first kappa shape index (κ1) is 13.4. The predicted octanol–water partition coefficient (Wildman–Crippen LogP) is 3.74. The Hall–Kier alpha value is -0.610. The summed E-state index contributed by atoms with van der Waals surface area (Å²) in [5.74, 6) is 0. The van der Waals surface area contributed by atoms with E-state index in [0.717, 1.165) is 18.1 Å². The second kappa shape index (κ2) is 5.80. The van der Waals surface area contributed by atoms with Gasteiger partial charge in [0.25, 0.3) is 0 Å². The zero-order valence-electron chi connectivity index (χ0n) is 11.2. The molecule has 102 valence electrons. The fourth-order valence-corrected chi connectivity index (χ4v) is 4.34. The molecule has 2 nitrogen and oxygen atoms in total. The van der Waals surface area contributed by atoms with Crippen molar-refractivity contribution in [1.29, 1.82) is 0 Å². The van der Waals surface area contributed by atoms with Gasteiger partial charge in [-0.15, -0.1) is 11.3 Å². The van der Waals surface area contributed by atoms with Crippen LogP contribution in [0.1, 0.15) is 17.7 Å². The molecule has 4 heteroatoms. The SMILES string of the molecule is CN(Cc1sc2ccccc2c1Cl)CC1CCCN1. The maximum Gasteiger partial charge on any atom is 0.0637 e. The van der Waals surface area contributed by atoms with Gasteiger partial charge in [0.15, 0.2) is 0 Å². The van der Waals surface area contributed by atoms with E-state index in [0.29, 0.717) is 6.04 Å². The van der Waals surface area contributed by atoms with Crippen LogP contribution in [-0.2, 0) is 6.54 Å². The van der Waals surface area contributed by atoms with Gasteiger partial charge in [-0.25, -0.2) is 0 Å². The van der Waals surface area contributed by atoms with E-state index in [1.54, 1.807) is 0 Å². The summed E-state index contributed by atoms with van der Waals surface area (Å²) in [5, 5.41) is 5.67. The topological polar surface area (TPSA) is 15.3 Å². The molecule has 1 N–H and O–H groups in total. The van der Waals surface area contributed by atoms with Crippen LogP contribution in [0.3, 0.4) is 0 Å². The molecule has 0 aliphatic carbocycles. The van der Waals surface area contributed by atoms with Gasteiger partial charge in [0.2, 0.25) is 0 Å². The normalized spacial score (nSPS) is 19.6. The number of benzene rings is 1. The van der Waals surface area contributed by atoms with E-state index < -0.39 is 0 Å². The molecule has 0 saturated carbocycles. The van der Waals surface area contributed by atoms with Crippen LogP contribution in [0.2, 0.25) is 5.02 Å². The van der Waals surface area contributed by atoms with Crippen LogP contribution >= 0.6 is 22.9 Å². The second-order valence-corrected chi connectivity index (χ2v) is 6.84. The van der Waals surface area contributed by atoms with E-state index in [4.69, 9.17) is 11.6 Å². The summed E-state index contributed by atoms with van der Waals surface area (Å²) >= 11 is 8.30. The molecule has 1 fully saturated rings. The fourth-order valence-electron chi connectivity index (χ4n) is 2.76. The lowest BCUT2D eigenvalue weighted by Crippen LogP contribution is -2.34. The number of fused-ring (bicyclic) bond motifs is 1. The largest absolute Gasteiger partial charge is 0.313 e. The van der Waals surface area contributed by atoms with Gasteiger partial charge >= 0.3 is 0 Å². The van der Waals surface area contributed by atoms with Crippen molar-refractivity contribution in [2.24, 2.45) is 0 Å². The summed E-state index contributed by atoms with van der Waals surface area (Å²) in [6, 6.07) is 9.03. The molecular weight excluding hydrogens is 276 g/mol. The van der Waals surface area contributed by atoms with Gasteiger partial charge in [0.05, 0.1) is 5.02 Å². The van der Waals surface area contributed by atoms with Crippen molar-refractivity contribution in [2.75, 3.05) is 20.1 Å². The van der Waals surface area contributed by atoms with Crippen LogP contribution in [0.4, 0.5) is 0 Å². The average Bonchev–Trinajstić information content (AvgIpc) is 3.00. The molecular formula is C15H19ClN2S. The quantitative estimate of drug-likeness (QED) is 0.924. The molecule has 1 saturated heterocycles. The molecule has 2 aromatic rings. The fraction of sp³-hybridized carbons (Fsp3) is 0.467. The Morgan fingerprint density at radius 1 is 1.42 bits per heavy atom. The standard InChI is InChI=1S/C15H19ClN2S/c1-18(9-11-5-4-8-17-11)10-14-15(16)12-6-2-3-7-13(12)19-14/h2-3,6-7,11,17H,4-5,8-10H2,1H3. The maximum atomic E-state index is 6.49. The maximum absolute atomic E-state index is 6.49. The number of nitrogens with zero attached hydrogens (tertiary/aromatic N) is 1. The van der Waals surface area contributed by atoms with Crippen LogP contribution in [-0.4, -0.2) is 31.1 Å². The number of thiophene rings is 1. The first-order valence-corrected chi connectivity index (χ1v) is 8.01. The van der Waals surface area contributed by atoms with E-state index in [2.05, 4.69) is 41.5 Å². The van der Waals surface area contributed by atoms with Crippen LogP contribution in [0.5, 0.6) is 0 Å². The van der Waals surface area contributed by atoms with Crippen LogP contribution < -0.4 is 5.32 Å². The highest BCUT2D eigenvalue weighted by Gasteiger charge is 2.17. The first-order valence-electron chi connectivity index (χ1n) is 6.82. The number of nitrogens with one attached hydrogen (secondary N) is 1. The van der Waals surface area contributed by atoms with E-state index in [1.165, 1.54) is 34.3 Å². The Balaban J connectivity index is 1.71. The molecule has 1 aromatic carbocycles. The Bertz CT molecular complexity index is 560. The van der Waals surface area contributed by atoms with Gasteiger partial charge in [-0.2, -0.15) is 0 Å². The second-order valence-electron chi connectivity index (χ2n) is 5.33. The van der Waals surface area contributed by atoms with Crippen molar-refractivity contribution in [3.63, 3.8) is 0 Å². The van der Waals surface area contributed by atoms with Crippen LogP contribution in [0, 0.1) is 0 Å². The molecule has 2 heterocycles. The van der Waals surface area contributed by atoms with E-state index in [9.17, 15) is 0 Å². The number of hydrogen-bond acceptors (Lipinski definition) is 3. The van der Waals surface area contributed by atoms with E-state index >= 15 is 0 Å². The highest BCUT2D eigenvalue weighted by Crippen LogP contribution is 2.35. The number of rotatable bonds is 4. The third-order valence-corrected chi connectivity index (χ3v) is 5.41. The van der Waals surface area contributed by atoms with Crippen molar-refractivity contribution >= 4 is 33.0 Å². The molecule has 0 spiro atoms. The van der Waals surface area contributed by atoms with Gasteiger partial charge in [-0.1, -0.05) is 29.8 Å². The van der Waals surface area contributed by atoms with Crippen molar-refractivity contribution in [3.8, 4) is 0 Å². The van der Waals surface area contributed by atoms with E-state index in [-0.39, 0.29) is 0 Å². The van der Waals surface area contributed by atoms with Crippen molar-refractivity contribution < 1.29 is 0 Å². The Kier molecular flexibility index (Phi) is 4.08. The summed E-state index contributed by atoms with van der Waals surface area (Å²) in [7, 11) is 2.18. The molecule has 0 bridgehead atoms. The van der Waals surface area contributed by atoms with Gasteiger partial charge in [-0.3, -0.25) is 4.90 Å². The van der Waals surface area contributed by atoms with Gasteiger partial charge in [0.1, 0.15) is 0 Å². The molecule has 1 aromatic heterocycles. The molecule has 3 rings (SSSR count). The monoisotopic (exact) mass is 294 g/mol. The minimum Gasteiger partial charge on any atom is -0.313 e. The van der Waals surface area contributed by atoms with Crippen molar-refractivity contribution in [3.05, 3.63) is 34.2 Å². The molecule has 0 amide bonds. The molecule has 0 radical (unpaired) electrons. The third-order valence-electron chi connectivity index (χ3n) is 3.71. The number of hydrogen-bond donors (Lipinski definition) is 1. The van der Waals surface area contributed by atoms with Gasteiger partial charge in [-0.05, 0) is 32.5 Å². The molecule has 1 aliphatic heterocycles. The molecule has 1 unspecified atom stereocenters. The Morgan fingerprint density at radius 2 is 2.26 bits per heavy atom. The lowest BCUT2D eigenvalue weighted by molar-refractivity contribution is 0.295. The number of halogens is 1. The average molecular weight is 295 g/mol.